The summed E-state index contributed by atoms with van der Waals surface area (Å²) in [4.78, 5) is 1.28. The number of sulfonamides is 1. The molecule has 0 aromatic carbocycles. The SMILES string of the molecule is CCCN(CCC)S(=O)(=O)c1cc(Br)sc1C. The summed E-state index contributed by atoms with van der Waals surface area (Å²) in [5.41, 5.74) is 0. The molecule has 3 nitrogen and oxygen atoms in total. The molecular weight excluding hydrogens is 322 g/mol. The van der Waals surface area contributed by atoms with Crippen molar-refractivity contribution in [3.05, 3.63) is 14.7 Å². The van der Waals surface area contributed by atoms with E-state index in [1.54, 1.807) is 10.4 Å². The molecule has 0 aliphatic heterocycles. The predicted molar refractivity (Wildman–Crippen MR) is 76.1 cm³/mol. The Labute approximate surface area is 116 Å². The van der Waals surface area contributed by atoms with Crippen molar-refractivity contribution in [1.29, 1.82) is 0 Å². The standard InChI is InChI=1S/C11H18BrNO2S2/c1-4-6-13(7-5-2)17(14,15)10-8-11(12)16-9(10)3/h8H,4-7H2,1-3H3. The highest BCUT2D eigenvalue weighted by Crippen LogP contribution is 2.31. The second-order valence-electron chi connectivity index (χ2n) is 3.88. The van der Waals surface area contributed by atoms with E-state index in [1.165, 1.54) is 11.3 Å². The Hall–Kier alpha value is 0.0900. The Balaban J connectivity index is 3.11. The Kier molecular flexibility index (Phi) is 5.63. The molecule has 0 spiro atoms. The van der Waals surface area contributed by atoms with Crippen molar-refractivity contribution < 1.29 is 8.42 Å². The van der Waals surface area contributed by atoms with Gasteiger partial charge >= 0.3 is 0 Å². The molecule has 0 radical (unpaired) electrons. The van der Waals surface area contributed by atoms with Crippen LogP contribution in [0.25, 0.3) is 0 Å². The summed E-state index contributed by atoms with van der Waals surface area (Å²) >= 11 is 4.80. The Morgan fingerprint density at radius 3 is 2.18 bits per heavy atom. The molecule has 6 heteroatoms. The van der Waals surface area contributed by atoms with Crippen LogP contribution in [0, 0.1) is 6.92 Å². The van der Waals surface area contributed by atoms with Gasteiger partial charge in [-0.1, -0.05) is 13.8 Å². The first-order valence-corrected chi connectivity index (χ1v) is 8.74. The molecule has 0 aliphatic rings. The van der Waals surface area contributed by atoms with Gasteiger partial charge in [-0.15, -0.1) is 11.3 Å². The van der Waals surface area contributed by atoms with E-state index in [2.05, 4.69) is 15.9 Å². The minimum absolute atomic E-state index is 0.441. The predicted octanol–water partition coefficient (Wildman–Crippen LogP) is 3.63. The van der Waals surface area contributed by atoms with Crippen molar-refractivity contribution in [1.82, 2.24) is 4.31 Å². The molecule has 1 heterocycles. The van der Waals surface area contributed by atoms with Crippen LogP contribution in [0.15, 0.2) is 14.7 Å². The van der Waals surface area contributed by atoms with Crippen molar-refractivity contribution in [3.63, 3.8) is 0 Å². The third-order valence-corrected chi connectivity index (χ3v) is 6.11. The first-order valence-electron chi connectivity index (χ1n) is 5.69. The molecule has 0 atom stereocenters. The van der Waals surface area contributed by atoms with Gasteiger partial charge < -0.3 is 0 Å². The van der Waals surface area contributed by atoms with Gasteiger partial charge in [0.1, 0.15) is 0 Å². The zero-order valence-corrected chi connectivity index (χ0v) is 13.6. The molecule has 0 aliphatic carbocycles. The molecule has 0 fully saturated rings. The maximum atomic E-state index is 12.5. The van der Waals surface area contributed by atoms with E-state index >= 15 is 0 Å². The zero-order chi connectivity index (χ0) is 13.1. The molecule has 0 N–H and O–H groups in total. The van der Waals surface area contributed by atoms with Crippen molar-refractivity contribution in [2.75, 3.05) is 13.1 Å². The average molecular weight is 340 g/mol. The van der Waals surface area contributed by atoms with Crippen LogP contribution in [0.5, 0.6) is 0 Å². The second-order valence-corrected chi connectivity index (χ2v) is 8.42. The number of halogens is 1. The van der Waals surface area contributed by atoms with E-state index in [0.29, 0.717) is 18.0 Å². The summed E-state index contributed by atoms with van der Waals surface area (Å²) in [5.74, 6) is 0. The van der Waals surface area contributed by atoms with E-state index in [1.807, 2.05) is 20.8 Å². The van der Waals surface area contributed by atoms with Gasteiger partial charge in [-0.05, 0) is 41.8 Å². The number of rotatable bonds is 6. The lowest BCUT2D eigenvalue weighted by molar-refractivity contribution is 0.410. The van der Waals surface area contributed by atoms with E-state index in [0.717, 1.165) is 21.5 Å². The van der Waals surface area contributed by atoms with Crippen molar-refractivity contribution in [3.8, 4) is 0 Å². The summed E-state index contributed by atoms with van der Waals surface area (Å²) in [6.07, 6.45) is 1.67. The maximum Gasteiger partial charge on any atom is 0.244 e. The topological polar surface area (TPSA) is 37.4 Å². The van der Waals surface area contributed by atoms with Gasteiger partial charge in [0.05, 0.1) is 8.68 Å². The monoisotopic (exact) mass is 339 g/mol. The van der Waals surface area contributed by atoms with Crippen molar-refractivity contribution in [2.45, 2.75) is 38.5 Å². The van der Waals surface area contributed by atoms with Crippen LogP contribution in [-0.2, 0) is 10.0 Å². The van der Waals surface area contributed by atoms with Crippen LogP contribution in [0.2, 0.25) is 0 Å². The molecule has 0 saturated heterocycles. The minimum atomic E-state index is -3.32. The fourth-order valence-electron chi connectivity index (χ4n) is 1.68. The lowest BCUT2D eigenvalue weighted by atomic mass is 10.4. The van der Waals surface area contributed by atoms with Gasteiger partial charge in [-0.3, -0.25) is 0 Å². The number of aryl methyl sites for hydroxylation is 1. The maximum absolute atomic E-state index is 12.5. The van der Waals surface area contributed by atoms with Gasteiger partial charge in [-0.25, -0.2) is 8.42 Å². The summed E-state index contributed by atoms with van der Waals surface area (Å²) in [7, 11) is -3.32. The zero-order valence-electron chi connectivity index (χ0n) is 10.4. The Bertz CT molecular complexity index is 462. The molecule has 1 rings (SSSR count). The molecule has 0 unspecified atom stereocenters. The summed E-state index contributed by atoms with van der Waals surface area (Å²) in [5, 5.41) is 0. The average Bonchev–Trinajstić information content (AvgIpc) is 2.58. The van der Waals surface area contributed by atoms with Crippen molar-refractivity contribution in [2.24, 2.45) is 0 Å². The van der Waals surface area contributed by atoms with Gasteiger partial charge in [0.2, 0.25) is 10.0 Å². The summed E-state index contributed by atoms with van der Waals surface area (Å²) < 4.78 is 27.4. The third kappa shape index (κ3) is 3.53. The van der Waals surface area contributed by atoms with Gasteiger partial charge in [0, 0.05) is 18.0 Å². The molecule has 0 amide bonds. The highest BCUT2D eigenvalue weighted by Gasteiger charge is 2.26. The molecule has 1 aromatic rings. The minimum Gasteiger partial charge on any atom is -0.207 e. The number of hydrogen-bond acceptors (Lipinski definition) is 3. The highest BCUT2D eigenvalue weighted by atomic mass is 79.9. The van der Waals surface area contributed by atoms with Gasteiger partial charge in [0.25, 0.3) is 0 Å². The largest absolute Gasteiger partial charge is 0.244 e. The van der Waals surface area contributed by atoms with E-state index in [4.69, 9.17) is 0 Å². The molecule has 17 heavy (non-hydrogen) atoms. The van der Waals surface area contributed by atoms with E-state index in [9.17, 15) is 8.42 Å². The Morgan fingerprint density at radius 1 is 1.29 bits per heavy atom. The summed E-state index contributed by atoms with van der Waals surface area (Å²) in [6, 6.07) is 1.70. The normalized spacial score (nSPS) is 12.3. The third-order valence-electron chi connectivity index (χ3n) is 2.41. The van der Waals surface area contributed by atoms with E-state index < -0.39 is 10.0 Å². The van der Waals surface area contributed by atoms with Crippen molar-refractivity contribution >= 4 is 37.3 Å². The Morgan fingerprint density at radius 2 is 1.82 bits per heavy atom. The first kappa shape index (κ1) is 15.1. The van der Waals surface area contributed by atoms with Gasteiger partial charge in [-0.2, -0.15) is 4.31 Å². The fraction of sp³-hybridized carbons (Fsp3) is 0.636. The highest BCUT2D eigenvalue weighted by molar-refractivity contribution is 9.11. The van der Waals surface area contributed by atoms with Gasteiger partial charge in [0.15, 0.2) is 0 Å². The van der Waals surface area contributed by atoms with Crippen LogP contribution in [0.4, 0.5) is 0 Å². The van der Waals surface area contributed by atoms with Crippen LogP contribution in [-0.4, -0.2) is 25.8 Å². The lowest BCUT2D eigenvalue weighted by Gasteiger charge is -2.20. The van der Waals surface area contributed by atoms with Crippen LogP contribution in [0.1, 0.15) is 31.6 Å². The van der Waals surface area contributed by atoms with Crippen LogP contribution >= 0.6 is 27.3 Å². The second kappa shape index (κ2) is 6.31. The molecule has 1 aromatic heterocycles. The molecule has 0 saturated carbocycles. The number of nitrogens with zero attached hydrogens (tertiary/aromatic N) is 1. The van der Waals surface area contributed by atoms with E-state index in [-0.39, 0.29) is 0 Å². The lowest BCUT2D eigenvalue weighted by Crippen LogP contribution is -2.32. The fourth-order valence-corrected chi connectivity index (χ4v) is 5.68. The number of thiophene rings is 1. The molecule has 98 valence electrons. The smallest absolute Gasteiger partial charge is 0.207 e. The first-order chi connectivity index (χ1) is 7.93. The van der Waals surface area contributed by atoms with Crippen LogP contribution in [0.3, 0.4) is 0 Å². The summed E-state index contributed by atoms with van der Waals surface area (Å²) in [6.45, 7) is 7.01. The molecular formula is C11H18BrNO2S2. The quantitative estimate of drug-likeness (QED) is 0.793. The van der Waals surface area contributed by atoms with Crippen LogP contribution < -0.4 is 0 Å². The number of hydrogen-bond donors (Lipinski definition) is 0. The molecule has 0 bridgehead atoms.